The van der Waals surface area contributed by atoms with Gasteiger partial charge in [0.05, 0.1) is 18.3 Å². The normalized spacial score (nSPS) is 24.2. The Morgan fingerprint density at radius 2 is 1.77 bits per heavy atom. The maximum Gasteiger partial charge on any atom is 0.159 e. The smallest absolute Gasteiger partial charge is 0.159 e. The van der Waals surface area contributed by atoms with Crippen molar-refractivity contribution in [2.45, 2.75) is 25.4 Å². The molecule has 1 aromatic heterocycles. The van der Waals surface area contributed by atoms with Gasteiger partial charge in [-0.15, -0.1) is 0 Å². The molecule has 0 aliphatic carbocycles. The average molecular weight is 296 g/mol. The number of dihydropyridines is 1. The number of halogens is 1. The molecular formula is C17H17FN4. The van der Waals surface area contributed by atoms with Crippen LogP contribution in [0.25, 0.3) is 5.57 Å². The third kappa shape index (κ3) is 2.80. The monoisotopic (exact) mass is 296 g/mol. The van der Waals surface area contributed by atoms with Crippen molar-refractivity contribution >= 4 is 11.8 Å². The zero-order valence-electron chi connectivity index (χ0n) is 12.5. The van der Waals surface area contributed by atoms with Gasteiger partial charge in [-0.3, -0.25) is 4.99 Å². The number of benzene rings is 1. The molecule has 2 heterocycles. The van der Waals surface area contributed by atoms with E-state index < -0.39 is 11.5 Å². The van der Waals surface area contributed by atoms with Crippen LogP contribution < -0.4 is 5.73 Å². The number of aliphatic imine (C=N–C) groups is 1. The number of aromatic nitrogens is 2. The SMILES string of the molecule is Cc1ccc(C2=CC(c3ncc(F)cn3)C(C)(N)N=C2)cc1. The van der Waals surface area contributed by atoms with Crippen LogP contribution in [0.2, 0.25) is 0 Å². The van der Waals surface area contributed by atoms with Gasteiger partial charge in [0.25, 0.3) is 0 Å². The maximum atomic E-state index is 13.0. The molecule has 0 bridgehead atoms. The van der Waals surface area contributed by atoms with Crippen LogP contribution in [0, 0.1) is 12.7 Å². The zero-order valence-corrected chi connectivity index (χ0v) is 12.5. The summed E-state index contributed by atoms with van der Waals surface area (Å²) < 4.78 is 13.0. The van der Waals surface area contributed by atoms with Gasteiger partial charge in [-0.05, 0) is 25.0 Å². The highest BCUT2D eigenvalue weighted by molar-refractivity contribution is 6.10. The maximum absolute atomic E-state index is 13.0. The number of nitrogens with two attached hydrogens (primary N) is 1. The van der Waals surface area contributed by atoms with Gasteiger partial charge < -0.3 is 5.73 Å². The predicted octanol–water partition coefficient (Wildman–Crippen LogP) is 2.85. The first-order valence-corrected chi connectivity index (χ1v) is 7.06. The lowest BCUT2D eigenvalue weighted by Gasteiger charge is -2.30. The van der Waals surface area contributed by atoms with Gasteiger partial charge in [0.2, 0.25) is 0 Å². The molecule has 3 rings (SSSR count). The number of hydrogen-bond donors (Lipinski definition) is 1. The fraction of sp³-hybridized carbons (Fsp3) is 0.235. The molecule has 0 saturated carbocycles. The largest absolute Gasteiger partial charge is 0.307 e. The van der Waals surface area contributed by atoms with Crippen molar-refractivity contribution in [3.63, 3.8) is 0 Å². The highest BCUT2D eigenvalue weighted by Gasteiger charge is 2.34. The van der Waals surface area contributed by atoms with E-state index in [0.717, 1.165) is 23.5 Å². The molecule has 1 aromatic carbocycles. The molecule has 4 nitrogen and oxygen atoms in total. The Morgan fingerprint density at radius 1 is 1.14 bits per heavy atom. The fourth-order valence-corrected chi connectivity index (χ4v) is 2.42. The topological polar surface area (TPSA) is 64.2 Å². The number of nitrogens with zero attached hydrogens (tertiary/aromatic N) is 3. The Bertz CT molecular complexity index is 730. The van der Waals surface area contributed by atoms with Crippen LogP contribution in [0.5, 0.6) is 0 Å². The highest BCUT2D eigenvalue weighted by atomic mass is 19.1. The van der Waals surface area contributed by atoms with E-state index >= 15 is 0 Å². The molecule has 0 fully saturated rings. The summed E-state index contributed by atoms with van der Waals surface area (Å²) in [5.74, 6) is -0.313. The Kier molecular flexibility index (Phi) is 3.58. The van der Waals surface area contributed by atoms with Gasteiger partial charge >= 0.3 is 0 Å². The zero-order chi connectivity index (χ0) is 15.7. The van der Waals surface area contributed by atoms with Crippen LogP contribution in [-0.2, 0) is 0 Å². The Balaban J connectivity index is 2.01. The standard InChI is InChI=1S/C17H17FN4/c1-11-3-5-12(6-4-11)13-7-15(17(2,19)22-8-13)16-20-9-14(18)10-21-16/h3-10,15H,19H2,1-2H3. The Hall–Kier alpha value is -2.40. The summed E-state index contributed by atoms with van der Waals surface area (Å²) in [5, 5.41) is 0. The van der Waals surface area contributed by atoms with E-state index in [-0.39, 0.29) is 5.92 Å². The molecule has 2 aromatic rings. The molecule has 0 spiro atoms. The van der Waals surface area contributed by atoms with Crippen molar-refractivity contribution in [2.75, 3.05) is 0 Å². The summed E-state index contributed by atoms with van der Waals surface area (Å²) in [6.07, 6.45) is 6.06. The molecule has 2 unspecified atom stereocenters. The first-order valence-electron chi connectivity index (χ1n) is 7.06. The molecule has 2 N–H and O–H groups in total. The van der Waals surface area contributed by atoms with E-state index in [1.54, 1.807) is 6.21 Å². The second-order valence-corrected chi connectivity index (χ2v) is 5.71. The minimum absolute atomic E-state index is 0.311. The van der Waals surface area contributed by atoms with Crippen LogP contribution in [-0.4, -0.2) is 21.8 Å². The fourth-order valence-electron chi connectivity index (χ4n) is 2.42. The first-order chi connectivity index (χ1) is 10.5. The van der Waals surface area contributed by atoms with Crippen LogP contribution in [0.4, 0.5) is 4.39 Å². The van der Waals surface area contributed by atoms with Crippen LogP contribution in [0.15, 0.2) is 47.7 Å². The van der Waals surface area contributed by atoms with Crippen LogP contribution in [0.1, 0.15) is 29.8 Å². The van der Waals surface area contributed by atoms with Gasteiger partial charge in [-0.25, -0.2) is 14.4 Å². The minimum atomic E-state index is -0.855. The van der Waals surface area contributed by atoms with Crippen molar-refractivity contribution in [2.24, 2.45) is 10.7 Å². The second kappa shape index (κ2) is 5.42. The van der Waals surface area contributed by atoms with Crippen molar-refractivity contribution in [3.8, 4) is 0 Å². The number of aryl methyl sites for hydroxylation is 1. The van der Waals surface area contributed by atoms with Crippen LogP contribution in [0.3, 0.4) is 0 Å². The van der Waals surface area contributed by atoms with E-state index in [2.05, 4.69) is 15.0 Å². The van der Waals surface area contributed by atoms with E-state index in [4.69, 9.17) is 5.73 Å². The van der Waals surface area contributed by atoms with Crippen LogP contribution >= 0.6 is 0 Å². The quantitative estimate of drug-likeness (QED) is 0.926. The van der Waals surface area contributed by atoms with Crippen molar-refractivity contribution in [1.82, 2.24) is 9.97 Å². The molecule has 112 valence electrons. The molecule has 22 heavy (non-hydrogen) atoms. The third-order valence-corrected chi connectivity index (χ3v) is 3.76. The van der Waals surface area contributed by atoms with Crippen molar-refractivity contribution in [1.29, 1.82) is 0 Å². The van der Waals surface area contributed by atoms with Gasteiger partial charge in [-0.1, -0.05) is 35.9 Å². The lowest BCUT2D eigenvalue weighted by molar-refractivity contribution is 0.427. The summed E-state index contributed by atoms with van der Waals surface area (Å²) in [6, 6.07) is 8.16. The summed E-state index contributed by atoms with van der Waals surface area (Å²) in [4.78, 5) is 12.5. The van der Waals surface area contributed by atoms with Gasteiger partial charge in [-0.2, -0.15) is 0 Å². The van der Waals surface area contributed by atoms with E-state index in [1.165, 1.54) is 5.56 Å². The van der Waals surface area contributed by atoms with Crippen molar-refractivity contribution in [3.05, 3.63) is 65.5 Å². The predicted molar refractivity (Wildman–Crippen MR) is 85.0 cm³/mol. The minimum Gasteiger partial charge on any atom is -0.307 e. The molecule has 1 aliphatic heterocycles. The Labute approximate surface area is 128 Å². The molecule has 0 saturated heterocycles. The van der Waals surface area contributed by atoms with E-state index in [1.807, 2.05) is 44.2 Å². The highest BCUT2D eigenvalue weighted by Crippen LogP contribution is 2.33. The molecule has 0 radical (unpaired) electrons. The van der Waals surface area contributed by atoms with E-state index in [9.17, 15) is 4.39 Å². The molecule has 2 atom stereocenters. The summed E-state index contributed by atoms with van der Waals surface area (Å²) in [7, 11) is 0. The van der Waals surface area contributed by atoms with E-state index in [0.29, 0.717) is 5.82 Å². The average Bonchev–Trinajstić information content (AvgIpc) is 2.49. The lowest BCUT2D eigenvalue weighted by Crippen LogP contribution is -2.42. The van der Waals surface area contributed by atoms with Gasteiger partial charge in [0.15, 0.2) is 5.82 Å². The summed E-state index contributed by atoms with van der Waals surface area (Å²) in [5.41, 5.74) is 8.59. The molecule has 1 aliphatic rings. The molecule has 0 amide bonds. The third-order valence-electron chi connectivity index (χ3n) is 3.76. The second-order valence-electron chi connectivity index (χ2n) is 5.71. The summed E-state index contributed by atoms with van der Waals surface area (Å²) in [6.45, 7) is 3.85. The lowest BCUT2D eigenvalue weighted by atomic mass is 9.88. The van der Waals surface area contributed by atoms with Gasteiger partial charge in [0, 0.05) is 6.21 Å². The number of allylic oxidation sites excluding steroid dienone is 1. The van der Waals surface area contributed by atoms with Crippen molar-refractivity contribution < 1.29 is 4.39 Å². The number of rotatable bonds is 2. The molecular weight excluding hydrogens is 279 g/mol. The number of hydrogen-bond acceptors (Lipinski definition) is 4. The molecule has 5 heteroatoms. The van der Waals surface area contributed by atoms with Gasteiger partial charge in [0.1, 0.15) is 11.5 Å². The Morgan fingerprint density at radius 3 is 2.41 bits per heavy atom. The summed E-state index contributed by atoms with van der Waals surface area (Å²) >= 11 is 0. The first kappa shape index (κ1) is 14.5.